The van der Waals surface area contributed by atoms with Crippen molar-refractivity contribution < 1.29 is 9.90 Å². The van der Waals surface area contributed by atoms with Crippen LogP contribution in [0.1, 0.15) is 30.9 Å². The molecule has 0 radical (unpaired) electrons. The summed E-state index contributed by atoms with van der Waals surface area (Å²) in [6.45, 7) is 5.71. The smallest absolute Gasteiger partial charge is 0.311 e. The molecule has 1 aromatic rings. The van der Waals surface area contributed by atoms with Gasteiger partial charge in [0.15, 0.2) is 0 Å². The lowest BCUT2D eigenvalue weighted by Crippen LogP contribution is -2.18. The Morgan fingerprint density at radius 2 is 2.00 bits per heavy atom. The topological polar surface area (TPSA) is 37.3 Å². The van der Waals surface area contributed by atoms with E-state index in [9.17, 15) is 4.79 Å². The fourth-order valence-electron chi connectivity index (χ4n) is 1.77. The van der Waals surface area contributed by atoms with Crippen LogP contribution >= 0.6 is 11.6 Å². The normalized spacial score (nSPS) is 12.9. The Labute approximate surface area is 94.9 Å². The monoisotopic (exact) mass is 226 g/mol. The lowest BCUT2D eigenvalue weighted by molar-refractivity contribution is -0.139. The molecular weight excluding hydrogens is 212 g/mol. The average molecular weight is 227 g/mol. The molecule has 0 aliphatic carbocycles. The van der Waals surface area contributed by atoms with Crippen LogP contribution in [-0.2, 0) is 4.79 Å². The van der Waals surface area contributed by atoms with E-state index in [1.54, 1.807) is 18.2 Å². The Morgan fingerprint density at radius 3 is 2.40 bits per heavy atom. The number of benzene rings is 1. The third-order valence-electron chi connectivity index (χ3n) is 2.50. The second kappa shape index (κ2) is 4.67. The van der Waals surface area contributed by atoms with Crippen LogP contribution in [0, 0.1) is 12.8 Å². The van der Waals surface area contributed by atoms with Gasteiger partial charge in [0.05, 0.1) is 5.92 Å². The first-order valence-corrected chi connectivity index (χ1v) is 5.30. The van der Waals surface area contributed by atoms with E-state index in [2.05, 4.69) is 0 Å². The van der Waals surface area contributed by atoms with Crippen molar-refractivity contribution in [1.82, 2.24) is 0 Å². The van der Waals surface area contributed by atoms with E-state index in [0.29, 0.717) is 5.02 Å². The Morgan fingerprint density at radius 1 is 1.40 bits per heavy atom. The zero-order valence-corrected chi connectivity index (χ0v) is 9.88. The number of halogens is 1. The van der Waals surface area contributed by atoms with Gasteiger partial charge in [-0.25, -0.2) is 0 Å². The standard InChI is InChI=1S/C12H15ClO2/c1-7(2)11(12(14)15)10-5-4-9(13)6-8(10)3/h4-7,11H,1-3H3,(H,14,15). The third-order valence-corrected chi connectivity index (χ3v) is 2.73. The molecule has 0 heterocycles. The number of hydrogen-bond donors (Lipinski definition) is 1. The van der Waals surface area contributed by atoms with Crippen LogP contribution in [-0.4, -0.2) is 11.1 Å². The van der Waals surface area contributed by atoms with Crippen LogP contribution in [0.15, 0.2) is 18.2 Å². The number of aryl methyl sites for hydroxylation is 1. The molecule has 1 unspecified atom stereocenters. The lowest BCUT2D eigenvalue weighted by atomic mass is 9.86. The second-order valence-corrected chi connectivity index (χ2v) is 4.50. The summed E-state index contributed by atoms with van der Waals surface area (Å²) in [5.74, 6) is -1.17. The van der Waals surface area contributed by atoms with Crippen LogP contribution in [0.3, 0.4) is 0 Å². The minimum absolute atomic E-state index is 0.0716. The molecule has 0 fully saturated rings. The van der Waals surface area contributed by atoms with Gasteiger partial charge in [-0.2, -0.15) is 0 Å². The molecule has 82 valence electrons. The lowest BCUT2D eigenvalue weighted by Gasteiger charge is -2.18. The van der Waals surface area contributed by atoms with Crippen LogP contribution in [0.4, 0.5) is 0 Å². The maximum absolute atomic E-state index is 11.1. The summed E-state index contributed by atoms with van der Waals surface area (Å²) in [5.41, 5.74) is 1.78. The molecule has 2 nitrogen and oxygen atoms in total. The van der Waals surface area contributed by atoms with Gasteiger partial charge in [0, 0.05) is 5.02 Å². The summed E-state index contributed by atoms with van der Waals surface area (Å²) in [6, 6.07) is 5.34. The molecule has 0 aliphatic heterocycles. The van der Waals surface area contributed by atoms with Crippen LogP contribution < -0.4 is 0 Å². The van der Waals surface area contributed by atoms with E-state index >= 15 is 0 Å². The van der Waals surface area contributed by atoms with Crippen molar-refractivity contribution in [3.05, 3.63) is 34.3 Å². The molecule has 1 aromatic carbocycles. The molecular formula is C12H15ClO2. The highest BCUT2D eigenvalue weighted by atomic mass is 35.5. The van der Waals surface area contributed by atoms with Gasteiger partial charge in [-0.15, -0.1) is 0 Å². The number of carboxylic acids is 1. The van der Waals surface area contributed by atoms with Gasteiger partial charge in [-0.1, -0.05) is 31.5 Å². The number of carboxylic acid groups (broad SMARTS) is 1. The van der Waals surface area contributed by atoms with Crippen molar-refractivity contribution in [1.29, 1.82) is 0 Å². The number of carbonyl (C=O) groups is 1. The van der Waals surface area contributed by atoms with Gasteiger partial charge >= 0.3 is 5.97 Å². The Bertz CT molecular complexity index is 372. The molecule has 0 spiro atoms. The van der Waals surface area contributed by atoms with Crippen LogP contribution in [0.2, 0.25) is 5.02 Å². The molecule has 3 heteroatoms. The highest BCUT2D eigenvalue weighted by molar-refractivity contribution is 6.30. The molecule has 0 amide bonds. The minimum Gasteiger partial charge on any atom is -0.481 e. The molecule has 1 rings (SSSR count). The Kier molecular flexibility index (Phi) is 3.75. The zero-order chi connectivity index (χ0) is 11.6. The second-order valence-electron chi connectivity index (χ2n) is 4.06. The molecule has 1 N–H and O–H groups in total. The van der Waals surface area contributed by atoms with E-state index in [0.717, 1.165) is 11.1 Å². The van der Waals surface area contributed by atoms with E-state index in [1.165, 1.54) is 0 Å². The fourth-order valence-corrected chi connectivity index (χ4v) is 1.99. The van der Waals surface area contributed by atoms with Gasteiger partial charge < -0.3 is 5.11 Å². The summed E-state index contributed by atoms with van der Waals surface area (Å²) in [7, 11) is 0. The van der Waals surface area contributed by atoms with Gasteiger partial charge in [0.25, 0.3) is 0 Å². The van der Waals surface area contributed by atoms with Crippen molar-refractivity contribution >= 4 is 17.6 Å². The third kappa shape index (κ3) is 2.72. The first-order chi connectivity index (χ1) is 6.93. The summed E-state index contributed by atoms with van der Waals surface area (Å²) in [6.07, 6.45) is 0. The number of hydrogen-bond acceptors (Lipinski definition) is 1. The summed E-state index contributed by atoms with van der Waals surface area (Å²) in [4.78, 5) is 11.1. The number of aliphatic carboxylic acids is 1. The fraction of sp³-hybridized carbons (Fsp3) is 0.417. The first kappa shape index (κ1) is 12.1. The van der Waals surface area contributed by atoms with Crippen molar-refractivity contribution in [2.24, 2.45) is 5.92 Å². The summed E-state index contributed by atoms with van der Waals surface area (Å²) >= 11 is 5.83. The maximum atomic E-state index is 11.1. The predicted molar refractivity (Wildman–Crippen MR) is 61.4 cm³/mol. The molecule has 0 saturated heterocycles. The van der Waals surface area contributed by atoms with Gasteiger partial charge in [-0.05, 0) is 36.1 Å². The van der Waals surface area contributed by atoms with E-state index < -0.39 is 11.9 Å². The largest absolute Gasteiger partial charge is 0.481 e. The summed E-state index contributed by atoms with van der Waals surface area (Å²) in [5, 5.41) is 9.80. The molecule has 0 bridgehead atoms. The van der Waals surface area contributed by atoms with Gasteiger partial charge in [-0.3, -0.25) is 4.79 Å². The van der Waals surface area contributed by atoms with E-state index in [1.807, 2.05) is 20.8 Å². The van der Waals surface area contributed by atoms with E-state index in [4.69, 9.17) is 16.7 Å². The first-order valence-electron chi connectivity index (χ1n) is 4.92. The average Bonchev–Trinajstić information content (AvgIpc) is 2.08. The minimum atomic E-state index is -0.782. The van der Waals surface area contributed by atoms with Gasteiger partial charge in [0.1, 0.15) is 0 Å². The molecule has 0 aromatic heterocycles. The highest BCUT2D eigenvalue weighted by Crippen LogP contribution is 2.28. The SMILES string of the molecule is Cc1cc(Cl)ccc1C(C(=O)O)C(C)C. The Balaban J connectivity index is 3.17. The number of rotatable bonds is 3. The highest BCUT2D eigenvalue weighted by Gasteiger charge is 2.24. The van der Waals surface area contributed by atoms with E-state index in [-0.39, 0.29) is 5.92 Å². The van der Waals surface area contributed by atoms with Crippen molar-refractivity contribution in [3.63, 3.8) is 0 Å². The van der Waals surface area contributed by atoms with Crippen molar-refractivity contribution in [3.8, 4) is 0 Å². The molecule has 0 aliphatic rings. The van der Waals surface area contributed by atoms with Crippen molar-refractivity contribution in [2.45, 2.75) is 26.7 Å². The van der Waals surface area contributed by atoms with Gasteiger partial charge in [0.2, 0.25) is 0 Å². The predicted octanol–water partition coefficient (Wildman–Crippen LogP) is 3.47. The summed E-state index contributed by atoms with van der Waals surface area (Å²) < 4.78 is 0. The quantitative estimate of drug-likeness (QED) is 0.857. The molecule has 1 atom stereocenters. The zero-order valence-electron chi connectivity index (χ0n) is 9.12. The Hall–Kier alpha value is -1.02. The molecule has 0 saturated carbocycles. The van der Waals surface area contributed by atoms with Crippen LogP contribution in [0.25, 0.3) is 0 Å². The maximum Gasteiger partial charge on any atom is 0.311 e. The van der Waals surface area contributed by atoms with Crippen molar-refractivity contribution in [2.75, 3.05) is 0 Å². The van der Waals surface area contributed by atoms with Crippen LogP contribution in [0.5, 0.6) is 0 Å². The molecule has 15 heavy (non-hydrogen) atoms.